The molecule has 0 N–H and O–H groups in total. The maximum Gasteiger partial charge on any atom is 0.229 e. The molecule has 0 aliphatic carbocycles. The molecule has 0 aromatic heterocycles. The first-order valence-electron chi connectivity index (χ1n) is 8.06. The number of carbonyl (C=O) groups excluding carboxylic acids is 1. The molecule has 2 atom stereocenters. The minimum absolute atomic E-state index is 0.0278. The van der Waals surface area contributed by atoms with E-state index in [-0.39, 0.29) is 17.7 Å². The summed E-state index contributed by atoms with van der Waals surface area (Å²) in [5, 5.41) is 0.809. The largest absolute Gasteiger partial charge is 0.309 e. The lowest BCUT2D eigenvalue weighted by atomic mass is 9.85. The van der Waals surface area contributed by atoms with E-state index in [9.17, 15) is 13.6 Å². The molecule has 2 aromatic rings. The van der Waals surface area contributed by atoms with Gasteiger partial charge in [-0.05, 0) is 42.5 Å². The summed E-state index contributed by atoms with van der Waals surface area (Å²) in [6, 6.07) is 8.68. The van der Waals surface area contributed by atoms with Crippen LogP contribution in [-0.4, -0.2) is 12.5 Å². The number of hydrogen-bond donors (Lipinski definition) is 0. The van der Waals surface area contributed by atoms with E-state index in [1.807, 2.05) is 6.92 Å². The van der Waals surface area contributed by atoms with Gasteiger partial charge in [-0.2, -0.15) is 0 Å². The average molecular weight is 384 g/mol. The second-order valence-electron chi connectivity index (χ2n) is 6.46. The predicted octanol–water partition coefficient (Wildman–Crippen LogP) is 5.50. The lowest BCUT2D eigenvalue weighted by molar-refractivity contribution is -0.124. The van der Waals surface area contributed by atoms with E-state index in [0.29, 0.717) is 40.7 Å². The minimum atomic E-state index is -0.599. The van der Waals surface area contributed by atoms with Crippen LogP contribution in [0.4, 0.5) is 14.5 Å². The Bertz CT molecular complexity index is 792. The van der Waals surface area contributed by atoms with Crippen LogP contribution in [0.25, 0.3) is 0 Å². The van der Waals surface area contributed by atoms with E-state index in [0.717, 1.165) is 6.07 Å². The fraction of sp³-hybridized carbons (Fsp3) is 0.316. The second-order valence-corrected chi connectivity index (χ2v) is 7.28. The first kappa shape index (κ1) is 18.2. The molecule has 0 saturated carbocycles. The zero-order valence-corrected chi connectivity index (χ0v) is 15.1. The Balaban J connectivity index is 1.87. The first-order valence-corrected chi connectivity index (χ1v) is 8.81. The third-order valence-corrected chi connectivity index (χ3v) is 5.16. The number of amides is 1. The molecule has 1 aliphatic rings. The lowest BCUT2D eigenvalue weighted by Gasteiger charge is -2.37. The van der Waals surface area contributed by atoms with Gasteiger partial charge in [0.25, 0.3) is 0 Å². The Morgan fingerprint density at radius 3 is 2.48 bits per heavy atom. The Labute approximate surface area is 155 Å². The molecule has 1 fully saturated rings. The van der Waals surface area contributed by atoms with Crippen LogP contribution in [0, 0.1) is 23.5 Å². The summed E-state index contributed by atoms with van der Waals surface area (Å²) in [7, 11) is 0. The molecule has 1 amide bonds. The van der Waals surface area contributed by atoms with Crippen LogP contribution in [0.1, 0.15) is 18.9 Å². The molecule has 3 rings (SSSR count). The van der Waals surface area contributed by atoms with Crippen molar-refractivity contribution in [3.05, 3.63) is 63.6 Å². The van der Waals surface area contributed by atoms with E-state index < -0.39 is 11.6 Å². The van der Waals surface area contributed by atoms with Gasteiger partial charge in [-0.1, -0.05) is 42.3 Å². The molecule has 1 heterocycles. The van der Waals surface area contributed by atoms with Crippen molar-refractivity contribution in [2.24, 2.45) is 11.8 Å². The van der Waals surface area contributed by atoms with E-state index in [1.54, 1.807) is 23.1 Å². The Kier molecular flexibility index (Phi) is 5.30. The van der Waals surface area contributed by atoms with E-state index in [1.165, 1.54) is 12.1 Å². The van der Waals surface area contributed by atoms with Gasteiger partial charge in [0.2, 0.25) is 5.91 Å². The number of rotatable bonds is 3. The standard InChI is InChI=1S/C19H17Cl2F2NO/c1-11-7-12(8-13-5-6-14(22)9-17(13)23)10-24(19(11)25)18-15(20)3-2-4-16(18)21/h2-6,9,11-12H,7-8,10H2,1H3/t11-,12+/m1/s1. The van der Waals surface area contributed by atoms with E-state index >= 15 is 0 Å². The number of halogens is 4. The SMILES string of the molecule is C[C@@H]1C[C@@H](Cc2ccc(F)cc2F)CN(c2c(Cl)cccc2Cl)C1=O. The van der Waals surface area contributed by atoms with Crippen LogP contribution >= 0.6 is 23.2 Å². The van der Waals surface area contributed by atoms with Crippen LogP contribution in [0.2, 0.25) is 10.0 Å². The Morgan fingerprint density at radius 2 is 1.84 bits per heavy atom. The van der Waals surface area contributed by atoms with Crippen LogP contribution in [0.3, 0.4) is 0 Å². The second kappa shape index (κ2) is 7.30. The van der Waals surface area contributed by atoms with Crippen LogP contribution in [0.5, 0.6) is 0 Å². The molecule has 0 radical (unpaired) electrons. The van der Waals surface area contributed by atoms with E-state index in [2.05, 4.69) is 0 Å². The molecule has 25 heavy (non-hydrogen) atoms. The van der Waals surface area contributed by atoms with Crippen molar-refractivity contribution in [1.82, 2.24) is 0 Å². The normalized spacial score (nSPS) is 20.8. The summed E-state index contributed by atoms with van der Waals surface area (Å²) in [5.41, 5.74) is 0.935. The van der Waals surface area contributed by atoms with E-state index in [4.69, 9.17) is 23.2 Å². The number of piperidine rings is 1. The maximum absolute atomic E-state index is 14.0. The minimum Gasteiger partial charge on any atom is -0.309 e. The number of benzene rings is 2. The summed E-state index contributed by atoms with van der Waals surface area (Å²) in [4.78, 5) is 14.2. The number of carbonyl (C=O) groups is 1. The Morgan fingerprint density at radius 1 is 1.16 bits per heavy atom. The molecule has 1 saturated heterocycles. The lowest BCUT2D eigenvalue weighted by Crippen LogP contribution is -2.45. The predicted molar refractivity (Wildman–Crippen MR) is 96.1 cm³/mol. The first-order chi connectivity index (χ1) is 11.9. The van der Waals surface area contributed by atoms with Gasteiger partial charge in [-0.3, -0.25) is 4.79 Å². The third-order valence-electron chi connectivity index (χ3n) is 4.55. The molecule has 2 nitrogen and oxygen atoms in total. The average Bonchev–Trinajstić information content (AvgIpc) is 2.54. The van der Waals surface area contributed by atoms with Crippen molar-refractivity contribution in [2.75, 3.05) is 11.4 Å². The summed E-state index contributed by atoms with van der Waals surface area (Å²) in [6.45, 7) is 2.23. The summed E-state index contributed by atoms with van der Waals surface area (Å²) in [6.07, 6.45) is 1.05. The third kappa shape index (κ3) is 3.80. The highest BCUT2D eigenvalue weighted by atomic mass is 35.5. The van der Waals surface area contributed by atoms with Crippen molar-refractivity contribution in [1.29, 1.82) is 0 Å². The zero-order valence-electron chi connectivity index (χ0n) is 13.6. The van der Waals surface area contributed by atoms with Crippen molar-refractivity contribution < 1.29 is 13.6 Å². The molecule has 132 valence electrons. The molecule has 0 spiro atoms. The number of hydrogen-bond acceptors (Lipinski definition) is 1. The van der Waals surface area contributed by atoms with Gasteiger partial charge in [-0.25, -0.2) is 8.78 Å². The summed E-state index contributed by atoms with van der Waals surface area (Å²) in [5.74, 6) is -1.41. The highest BCUT2D eigenvalue weighted by molar-refractivity contribution is 6.40. The quantitative estimate of drug-likeness (QED) is 0.684. The highest BCUT2D eigenvalue weighted by Gasteiger charge is 2.34. The molecular formula is C19H17Cl2F2NO. The fourth-order valence-corrected chi connectivity index (χ4v) is 3.99. The van der Waals surface area contributed by atoms with Gasteiger partial charge in [0, 0.05) is 18.5 Å². The smallest absolute Gasteiger partial charge is 0.229 e. The summed E-state index contributed by atoms with van der Waals surface area (Å²) >= 11 is 12.5. The van der Waals surface area contributed by atoms with Gasteiger partial charge < -0.3 is 4.90 Å². The van der Waals surface area contributed by atoms with Gasteiger partial charge in [0.15, 0.2) is 0 Å². The monoisotopic (exact) mass is 383 g/mol. The van der Waals surface area contributed by atoms with Gasteiger partial charge >= 0.3 is 0 Å². The van der Waals surface area contributed by atoms with Crippen molar-refractivity contribution in [3.8, 4) is 0 Å². The van der Waals surface area contributed by atoms with Gasteiger partial charge in [0.1, 0.15) is 11.6 Å². The molecule has 0 bridgehead atoms. The Hall–Kier alpha value is -1.65. The highest BCUT2D eigenvalue weighted by Crippen LogP contribution is 2.38. The molecule has 0 unspecified atom stereocenters. The van der Waals surface area contributed by atoms with Gasteiger partial charge in [0.05, 0.1) is 15.7 Å². The molecule has 1 aliphatic heterocycles. The molecular weight excluding hydrogens is 367 g/mol. The fourth-order valence-electron chi connectivity index (χ4n) is 3.38. The van der Waals surface area contributed by atoms with Crippen LogP contribution < -0.4 is 4.90 Å². The van der Waals surface area contributed by atoms with Crippen LogP contribution in [-0.2, 0) is 11.2 Å². The number of para-hydroxylation sites is 1. The zero-order chi connectivity index (χ0) is 18.1. The number of nitrogens with zero attached hydrogens (tertiary/aromatic N) is 1. The molecule has 6 heteroatoms. The van der Waals surface area contributed by atoms with Crippen molar-refractivity contribution in [2.45, 2.75) is 19.8 Å². The van der Waals surface area contributed by atoms with Crippen molar-refractivity contribution >= 4 is 34.8 Å². The van der Waals surface area contributed by atoms with Crippen LogP contribution in [0.15, 0.2) is 36.4 Å². The maximum atomic E-state index is 14.0. The van der Waals surface area contributed by atoms with Gasteiger partial charge in [-0.15, -0.1) is 0 Å². The summed E-state index contributed by atoms with van der Waals surface area (Å²) < 4.78 is 27.1. The van der Waals surface area contributed by atoms with Crippen molar-refractivity contribution in [3.63, 3.8) is 0 Å². The topological polar surface area (TPSA) is 20.3 Å². The molecule has 2 aromatic carbocycles. The number of anilines is 1.